The van der Waals surface area contributed by atoms with E-state index in [4.69, 9.17) is 11.6 Å². The van der Waals surface area contributed by atoms with Gasteiger partial charge in [0.15, 0.2) is 0 Å². The van der Waals surface area contributed by atoms with Crippen LogP contribution >= 0.6 is 11.6 Å². The van der Waals surface area contributed by atoms with Crippen LogP contribution in [0.5, 0.6) is 0 Å². The molecule has 3 nitrogen and oxygen atoms in total. The van der Waals surface area contributed by atoms with Gasteiger partial charge in [-0.1, -0.05) is 24.4 Å². The molecule has 1 aliphatic rings. The van der Waals surface area contributed by atoms with Crippen molar-refractivity contribution in [1.82, 2.24) is 5.32 Å². The maximum Gasteiger partial charge on any atom is 0.251 e. The fraction of sp³-hybridized carbons (Fsp3) is 0.500. The van der Waals surface area contributed by atoms with E-state index in [0.717, 1.165) is 31.2 Å². The molecule has 0 aliphatic heterocycles. The van der Waals surface area contributed by atoms with Crippen molar-refractivity contribution in [3.63, 3.8) is 0 Å². The number of rotatable bonds is 2. The first-order valence-corrected chi connectivity index (χ1v) is 6.71. The second-order valence-electron chi connectivity index (χ2n) is 4.90. The molecule has 2 atom stereocenters. The Morgan fingerprint density at radius 2 is 2.11 bits per heavy atom. The van der Waals surface area contributed by atoms with Crippen molar-refractivity contribution in [3.05, 3.63) is 34.3 Å². The van der Waals surface area contributed by atoms with E-state index in [1.807, 2.05) is 6.92 Å². The van der Waals surface area contributed by atoms with Crippen molar-refractivity contribution in [2.75, 3.05) is 0 Å². The fourth-order valence-corrected chi connectivity index (χ4v) is 2.43. The van der Waals surface area contributed by atoms with Crippen molar-refractivity contribution < 1.29 is 9.90 Å². The minimum Gasteiger partial charge on any atom is -0.391 e. The molecule has 1 fully saturated rings. The summed E-state index contributed by atoms with van der Waals surface area (Å²) in [5, 5.41) is 13.4. The highest BCUT2D eigenvalue weighted by Gasteiger charge is 2.24. The van der Waals surface area contributed by atoms with Crippen LogP contribution in [0.1, 0.15) is 41.6 Å². The van der Waals surface area contributed by atoms with E-state index >= 15 is 0 Å². The molecule has 0 heterocycles. The lowest BCUT2D eigenvalue weighted by Gasteiger charge is -2.28. The maximum absolute atomic E-state index is 12.1. The smallest absolute Gasteiger partial charge is 0.251 e. The minimum atomic E-state index is -0.420. The summed E-state index contributed by atoms with van der Waals surface area (Å²) in [6.07, 6.45) is 3.29. The standard InChI is InChI=1S/C14H18ClNO2/c1-9-8-10(6-7-11(9)15)14(18)16-12-4-2-3-5-13(12)17/h6-8,12-13,17H,2-5H2,1H3,(H,16,18). The van der Waals surface area contributed by atoms with Gasteiger partial charge in [-0.25, -0.2) is 0 Å². The van der Waals surface area contributed by atoms with Gasteiger partial charge in [0, 0.05) is 10.6 Å². The lowest BCUT2D eigenvalue weighted by molar-refractivity contribution is 0.0717. The molecule has 1 saturated carbocycles. The number of hydrogen-bond donors (Lipinski definition) is 2. The summed E-state index contributed by atoms with van der Waals surface area (Å²) in [4.78, 5) is 12.1. The van der Waals surface area contributed by atoms with Gasteiger partial charge in [0.2, 0.25) is 0 Å². The number of benzene rings is 1. The number of aliphatic hydroxyl groups is 1. The van der Waals surface area contributed by atoms with Crippen LogP contribution in [-0.2, 0) is 0 Å². The predicted molar refractivity (Wildman–Crippen MR) is 71.9 cm³/mol. The molecular formula is C14H18ClNO2. The van der Waals surface area contributed by atoms with Crippen molar-refractivity contribution in [2.24, 2.45) is 0 Å². The van der Waals surface area contributed by atoms with Crippen LogP contribution in [0.2, 0.25) is 5.02 Å². The van der Waals surface area contributed by atoms with E-state index in [1.54, 1.807) is 18.2 Å². The molecule has 2 rings (SSSR count). The second-order valence-corrected chi connectivity index (χ2v) is 5.30. The first kappa shape index (κ1) is 13.4. The molecule has 1 aromatic rings. The Balaban J connectivity index is 2.04. The third-order valence-electron chi connectivity index (χ3n) is 3.47. The third-order valence-corrected chi connectivity index (χ3v) is 3.89. The molecule has 1 aromatic carbocycles. The number of carbonyl (C=O) groups excluding carboxylic acids is 1. The zero-order valence-corrected chi connectivity index (χ0v) is 11.2. The number of amides is 1. The Kier molecular flexibility index (Phi) is 4.25. The van der Waals surface area contributed by atoms with Gasteiger partial charge in [-0.05, 0) is 43.5 Å². The molecule has 1 amide bonds. The van der Waals surface area contributed by atoms with Crippen LogP contribution in [0.3, 0.4) is 0 Å². The van der Waals surface area contributed by atoms with E-state index in [0.29, 0.717) is 10.6 Å². The summed E-state index contributed by atoms with van der Waals surface area (Å²) in [7, 11) is 0. The fourth-order valence-electron chi connectivity index (χ4n) is 2.32. The Bertz CT molecular complexity index is 447. The molecular weight excluding hydrogens is 250 g/mol. The SMILES string of the molecule is Cc1cc(C(=O)NC2CCCCC2O)ccc1Cl. The number of aliphatic hydroxyl groups excluding tert-OH is 1. The van der Waals surface area contributed by atoms with Crippen molar-refractivity contribution in [1.29, 1.82) is 0 Å². The predicted octanol–water partition coefficient (Wildman–Crippen LogP) is 2.68. The zero-order valence-electron chi connectivity index (χ0n) is 10.4. The first-order chi connectivity index (χ1) is 8.58. The summed E-state index contributed by atoms with van der Waals surface area (Å²) in [5.41, 5.74) is 1.48. The molecule has 98 valence electrons. The molecule has 0 radical (unpaired) electrons. The molecule has 2 N–H and O–H groups in total. The summed E-state index contributed by atoms with van der Waals surface area (Å²) in [6, 6.07) is 5.08. The van der Waals surface area contributed by atoms with E-state index < -0.39 is 6.10 Å². The van der Waals surface area contributed by atoms with Gasteiger partial charge < -0.3 is 10.4 Å². The third kappa shape index (κ3) is 3.03. The normalized spacial score (nSPS) is 23.7. The molecule has 2 unspecified atom stereocenters. The molecule has 4 heteroatoms. The molecule has 0 aromatic heterocycles. The van der Waals surface area contributed by atoms with Crippen LogP contribution in [0.15, 0.2) is 18.2 Å². The van der Waals surface area contributed by atoms with Crippen LogP contribution < -0.4 is 5.32 Å². The van der Waals surface area contributed by atoms with E-state index in [1.165, 1.54) is 0 Å². The Morgan fingerprint density at radius 3 is 2.78 bits per heavy atom. The van der Waals surface area contributed by atoms with Crippen molar-refractivity contribution in [3.8, 4) is 0 Å². The number of aryl methyl sites for hydroxylation is 1. The van der Waals surface area contributed by atoms with Gasteiger partial charge in [0.1, 0.15) is 0 Å². The lowest BCUT2D eigenvalue weighted by atomic mass is 9.92. The van der Waals surface area contributed by atoms with Gasteiger partial charge in [-0.3, -0.25) is 4.79 Å². The van der Waals surface area contributed by atoms with Gasteiger partial charge in [0.05, 0.1) is 12.1 Å². The first-order valence-electron chi connectivity index (χ1n) is 6.33. The average Bonchev–Trinajstić information content (AvgIpc) is 2.35. The minimum absolute atomic E-state index is 0.123. The van der Waals surface area contributed by atoms with Crippen molar-refractivity contribution >= 4 is 17.5 Å². The number of carbonyl (C=O) groups is 1. The quantitative estimate of drug-likeness (QED) is 0.866. The highest BCUT2D eigenvalue weighted by atomic mass is 35.5. The Hall–Kier alpha value is -1.06. The van der Waals surface area contributed by atoms with Gasteiger partial charge >= 0.3 is 0 Å². The highest BCUT2D eigenvalue weighted by molar-refractivity contribution is 6.31. The summed E-state index contributed by atoms with van der Waals surface area (Å²) >= 11 is 5.93. The van der Waals surface area contributed by atoms with Crippen LogP contribution in [0.25, 0.3) is 0 Å². The van der Waals surface area contributed by atoms with E-state index in [2.05, 4.69) is 5.32 Å². The maximum atomic E-state index is 12.1. The number of nitrogens with one attached hydrogen (secondary N) is 1. The van der Waals surface area contributed by atoms with Crippen LogP contribution in [0.4, 0.5) is 0 Å². The molecule has 0 saturated heterocycles. The topological polar surface area (TPSA) is 49.3 Å². The van der Waals surface area contributed by atoms with Crippen LogP contribution in [-0.4, -0.2) is 23.2 Å². The van der Waals surface area contributed by atoms with Crippen LogP contribution in [0, 0.1) is 6.92 Å². The number of halogens is 1. The van der Waals surface area contributed by atoms with E-state index in [-0.39, 0.29) is 11.9 Å². The molecule has 1 aliphatic carbocycles. The Labute approximate surface area is 112 Å². The zero-order chi connectivity index (χ0) is 13.1. The van der Waals surface area contributed by atoms with Gasteiger partial charge in [-0.2, -0.15) is 0 Å². The van der Waals surface area contributed by atoms with E-state index in [9.17, 15) is 9.90 Å². The average molecular weight is 268 g/mol. The lowest BCUT2D eigenvalue weighted by Crippen LogP contribution is -2.45. The number of hydrogen-bond acceptors (Lipinski definition) is 2. The second kappa shape index (κ2) is 5.72. The van der Waals surface area contributed by atoms with Gasteiger partial charge in [0.25, 0.3) is 5.91 Å². The molecule has 0 bridgehead atoms. The monoisotopic (exact) mass is 267 g/mol. The largest absolute Gasteiger partial charge is 0.391 e. The Morgan fingerprint density at radius 1 is 1.39 bits per heavy atom. The molecule has 0 spiro atoms. The summed E-state index contributed by atoms with van der Waals surface area (Å²) in [6.45, 7) is 1.87. The van der Waals surface area contributed by atoms with Gasteiger partial charge in [-0.15, -0.1) is 0 Å². The summed E-state index contributed by atoms with van der Waals surface area (Å²) < 4.78 is 0. The summed E-state index contributed by atoms with van der Waals surface area (Å²) in [5.74, 6) is -0.138. The highest BCUT2D eigenvalue weighted by Crippen LogP contribution is 2.20. The van der Waals surface area contributed by atoms with Crippen molar-refractivity contribution in [2.45, 2.75) is 44.8 Å². The molecule has 18 heavy (non-hydrogen) atoms.